The van der Waals surface area contributed by atoms with Crippen LogP contribution in [0.5, 0.6) is 0 Å². The number of aromatic nitrogens is 1. The molecule has 0 aliphatic heterocycles. The molecule has 0 aliphatic carbocycles. The minimum absolute atomic E-state index is 0.0385. The first-order chi connectivity index (χ1) is 9.17. The van der Waals surface area contributed by atoms with Crippen LogP contribution in [-0.2, 0) is 0 Å². The lowest BCUT2D eigenvalue weighted by atomic mass is 10.1. The Hall–Kier alpha value is -1.42. The van der Waals surface area contributed by atoms with Crippen LogP contribution < -0.4 is 5.32 Å². The van der Waals surface area contributed by atoms with Gasteiger partial charge >= 0.3 is 0 Å². The summed E-state index contributed by atoms with van der Waals surface area (Å²) in [6, 6.07) is 3.76. The average molecular weight is 263 g/mol. The largest absolute Gasteiger partial charge is 0.350 e. The highest BCUT2D eigenvalue weighted by Gasteiger charge is 2.09. The molecule has 1 aromatic heterocycles. The number of amides is 1. The molecule has 1 heterocycles. The number of nitrogens with one attached hydrogen (secondary N) is 1. The second-order valence-corrected chi connectivity index (χ2v) is 4.79. The molecule has 0 spiro atoms. The molecule has 0 radical (unpaired) electrons. The van der Waals surface area contributed by atoms with Gasteiger partial charge < -0.3 is 10.2 Å². The molecule has 0 fully saturated rings. The standard InChI is InChI=1S/C15H25N3O/c1-4-18(5-2)11-7-8-13(3)17-15(19)14-9-6-10-16-12-14/h6,9-10,12-13H,4-5,7-8,11H2,1-3H3,(H,17,19). The number of nitrogens with zero attached hydrogens (tertiary/aromatic N) is 2. The van der Waals surface area contributed by atoms with Crippen LogP contribution in [0.25, 0.3) is 0 Å². The van der Waals surface area contributed by atoms with Gasteiger partial charge in [0.2, 0.25) is 0 Å². The Morgan fingerprint density at radius 1 is 1.42 bits per heavy atom. The van der Waals surface area contributed by atoms with Gasteiger partial charge in [-0.25, -0.2) is 0 Å². The van der Waals surface area contributed by atoms with Crippen LogP contribution in [0.4, 0.5) is 0 Å². The van der Waals surface area contributed by atoms with E-state index < -0.39 is 0 Å². The lowest BCUT2D eigenvalue weighted by Gasteiger charge is -2.19. The average Bonchev–Trinajstić information content (AvgIpc) is 2.44. The van der Waals surface area contributed by atoms with Crippen LogP contribution in [0.3, 0.4) is 0 Å². The Morgan fingerprint density at radius 3 is 2.74 bits per heavy atom. The monoisotopic (exact) mass is 263 g/mol. The predicted molar refractivity (Wildman–Crippen MR) is 78.2 cm³/mol. The van der Waals surface area contributed by atoms with Crippen LogP contribution in [-0.4, -0.2) is 41.5 Å². The first-order valence-electron chi connectivity index (χ1n) is 7.10. The second-order valence-electron chi connectivity index (χ2n) is 4.79. The van der Waals surface area contributed by atoms with E-state index in [-0.39, 0.29) is 11.9 Å². The first-order valence-corrected chi connectivity index (χ1v) is 7.10. The van der Waals surface area contributed by atoms with Gasteiger partial charge in [0.1, 0.15) is 0 Å². The number of hydrogen-bond donors (Lipinski definition) is 1. The van der Waals surface area contributed by atoms with Crippen LogP contribution in [0.2, 0.25) is 0 Å². The van der Waals surface area contributed by atoms with E-state index in [1.165, 1.54) is 0 Å². The highest BCUT2D eigenvalue weighted by Crippen LogP contribution is 2.02. The van der Waals surface area contributed by atoms with Crippen LogP contribution in [0.15, 0.2) is 24.5 Å². The summed E-state index contributed by atoms with van der Waals surface area (Å²) in [6.45, 7) is 9.69. The molecule has 106 valence electrons. The molecule has 0 bridgehead atoms. The number of hydrogen-bond acceptors (Lipinski definition) is 3. The maximum atomic E-state index is 11.9. The molecule has 1 atom stereocenters. The molecule has 19 heavy (non-hydrogen) atoms. The number of pyridine rings is 1. The summed E-state index contributed by atoms with van der Waals surface area (Å²) in [5.41, 5.74) is 0.623. The summed E-state index contributed by atoms with van der Waals surface area (Å²) in [7, 11) is 0. The third-order valence-corrected chi connectivity index (χ3v) is 3.31. The third kappa shape index (κ3) is 5.83. The third-order valence-electron chi connectivity index (χ3n) is 3.31. The molecule has 0 aliphatic rings. The number of carbonyl (C=O) groups is 1. The molecule has 4 heteroatoms. The zero-order valence-corrected chi connectivity index (χ0v) is 12.2. The van der Waals surface area contributed by atoms with Gasteiger partial charge in [-0.15, -0.1) is 0 Å². The normalized spacial score (nSPS) is 12.4. The van der Waals surface area contributed by atoms with Crippen LogP contribution in [0.1, 0.15) is 44.0 Å². The SMILES string of the molecule is CCN(CC)CCCC(C)NC(=O)c1cccnc1. The number of carbonyl (C=O) groups excluding carboxylic acids is 1. The van der Waals surface area contributed by atoms with Crippen molar-refractivity contribution in [2.24, 2.45) is 0 Å². The van der Waals surface area contributed by atoms with Crippen molar-refractivity contribution in [1.29, 1.82) is 0 Å². The molecule has 1 aromatic rings. The maximum absolute atomic E-state index is 11.9. The van der Waals surface area contributed by atoms with Crippen molar-refractivity contribution in [3.05, 3.63) is 30.1 Å². The highest BCUT2D eigenvalue weighted by atomic mass is 16.1. The van der Waals surface area contributed by atoms with Gasteiger partial charge in [-0.2, -0.15) is 0 Å². The van der Waals surface area contributed by atoms with Crippen molar-refractivity contribution in [3.63, 3.8) is 0 Å². The quantitative estimate of drug-likeness (QED) is 0.783. The van der Waals surface area contributed by atoms with E-state index in [4.69, 9.17) is 0 Å². The Kier molecular flexibility index (Phi) is 7.11. The molecule has 0 saturated heterocycles. The lowest BCUT2D eigenvalue weighted by Crippen LogP contribution is -2.33. The summed E-state index contributed by atoms with van der Waals surface area (Å²) in [4.78, 5) is 18.3. The molecule has 1 unspecified atom stereocenters. The maximum Gasteiger partial charge on any atom is 0.253 e. The van der Waals surface area contributed by atoms with Crippen molar-refractivity contribution < 1.29 is 4.79 Å². The van der Waals surface area contributed by atoms with E-state index in [0.717, 1.165) is 32.5 Å². The van der Waals surface area contributed by atoms with Crippen LogP contribution >= 0.6 is 0 Å². The molecule has 0 saturated carbocycles. The second kappa shape index (κ2) is 8.64. The van der Waals surface area contributed by atoms with Crippen molar-refractivity contribution >= 4 is 5.91 Å². The van der Waals surface area contributed by atoms with E-state index in [1.54, 1.807) is 24.5 Å². The Labute approximate surface area is 116 Å². The molecular formula is C15H25N3O. The molecular weight excluding hydrogens is 238 g/mol. The van der Waals surface area contributed by atoms with E-state index in [9.17, 15) is 4.79 Å². The van der Waals surface area contributed by atoms with E-state index in [1.807, 2.05) is 0 Å². The Bertz CT molecular complexity index is 363. The van der Waals surface area contributed by atoms with Crippen molar-refractivity contribution in [1.82, 2.24) is 15.2 Å². The summed E-state index contributed by atoms with van der Waals surface area (Å²) < 4.78 is 0. The summed E-state index contributed by atoms with van der Waals surface area (Å²) in [5, 5.41) is 3.01. The fourth-order valence-electron chi connectivity index (χ4n) is 2.04. The highest BCUT2D eigenvalue weighted by molar-refractivity contribution is 5.93. The Morgan fingerprint density at radius 2 is 2.16 bits per heavy atom. The van der Waals surface area contributed by atoms with Gasteiger partial charge in [0.15, 0.2) is 0 Å². The van der Waals surface area contributed by atoms with Gasteiger partial charge in [-0.1, -0.05) is 13.8 Å². The zero-order valence-electron chi connectivity index (χ0n) is 12.2. The minimum Gasteiger partial charge on any atom is -0.350 e. The molecule has 4 nitrogen and oxygen atoms in total. The summed E-state index contributed by atoms with van der Waals surface area (Å²) in [5.74, 6) is -0.0385. The predicted octanol–water partition coefficient (Wildman–Crippen LogP) is 2.32. The summed E-state index contributed by atoms with van der Waals surface area (Å²) in [6.07, 6.45) is 5.38. The van der Waals surface area contributed by atoms with Crippen molar-refractivity contribution in [2.45, 2.75) is 39.7 Å². The first kappa shape index (κ1) is 15.6. The fourth-order valence-corrected chi connectivity index (χ4v) is 2.04. The van der Waals surface area contributed by atoms with Crippen molar-refractivity contribution in [3.8, 4) is 0 Å². The topological polar surface area (TPSA) is 45.2 Å². The van der Waals surface area contributed by atoms with Gasteiger partial charge in [0.05, 0.1) is 5.56 Å². The lowest BCUT2D eigenvalue weighted by molar-refractivity contribution is 0.0937. The van der Waals surface area contributed by atoms with E-state index in [2.05, 4.69) is 36.0 Å². The van der Waals surface area contributed by atoms with Gasteiger partial charge in [-0.05, 0) is 51.5 Å². The fraction of sp³-hybridized carbons (Fsp3) is 0.600. The summed E-state index contributed by atoms with van der Waals surface area (Å²) >= 11 is 0. The Balaban J connectivity index is 2.28. The van der Waals surface area contributed by atoms with Crippen molar-refractivity contribution in [2.75, 3.05) is 19.6 Å². The van der Waals surface area contributed by atoms with Gasteiger partial charge in [0.25, 0.3) is 5.91 Å². The molecule has 1 rings (SSSR count). The smallest absolute Gasteiger partial charge is 0.253 e. The zero-order chi connectivity index (χ0) is 14.1. The minimum atomic E-state index is -0.0385. The van der Waals surface area contributed by atoms with Crippen LogP contribution in [0, 0.1) is 0 Å². The molecule has 1 N–H and O–H groups in total. The molecule has 0 aromatic carbocycles. The number of rotatable bonds is 8. The van der Waals surface area contributed by atoms with Gasteiger partial charge in [-0.3, -0.25) is 9.78 Å². The molecule has 1 amide bonds. The van der Waals surface area contributed by atoms with E-state index >= 15 is 0 Å². The van der Waals surface area contributed by atoms with Gasteiger partial charge in [0, 0.05) is 18.4 Å². The van der Waals surface area contributed by atoms with E-state index in [0.29, 0.717) is 5.56 Å².